The molecule has 1 heterocycles. The molecule has 172 valence electrons. The van der Waals surface area contributed by atoms with Crippen molar-refractivity contribution < 1.29 is 4.79 Å². The largest absolute Gasteiger partial charge is 0.351 e. The summed E-state index contributed by atoms with van der Waals surface area (Å²) in [6.07, 6.45) is 1.62. The number of benzene rings is 3. The van der Waals surface area contributed by atoms with E-state index < -0.39 is 6.03 Å². The Kier molecular flexibility index (Phi) is 6.91. The van der Waals surface area contributed by atoms with Crippen molar-refractivity contribution in [1.29, 1.82) is 0 Å². The Morgan fingerprint density at radius 2 is 1.71 bits per heavy atom. The fourth-order valence-corrected chi connectivity index (χ4v) is 4.21. The molecular formula is C27H26ClN5O. The van der Waals surface area contributed by atoms with Crippen molar-refractivity contribution in [3.63, 3.8) is 0 Å². The van der Waals surface area contributed by atoms with E-state index in [1.165, 1.54) is 4.90 Å². The van der Waals surface area contributed by atoms with E-state index in [1.54, 1.807) is 12.3 Å². The number of nitrogens with two attached hydrogens (primary N) is 2. The topological polar surface area (TPSA) is 98.1 Å². The number of carbonyl (C=O) groups is 1. The van der Waals surface area contributed by atoms with Crippen molar-refractivity contribution in [3.8, 4) is 22.6 Å². The van der Waals surface area contributed by atoms with Crippen LogP contribution in [0.4, 0.5) is 16.2 Å². The van der Waals surface area contributed by atoms with Crippen LogP contribution >= 0.6 is 11.6 Å². The van der Waals surface area contributed by atoms with Gasteiger partial charge in [-0.1, -0.05) is 92.2 Å². The molecule has 0 radical (unpaired) electrons. The Labute approximate surface area is 204 Å². The summed E-state index contributed by atoms with van der Waals surface area (Å²) in [6.45, 7) is 4.36. The molecule has 3 aromatic carbocycles. The molecule has 0 fully saturated rings. The zero-order valence-electron chi connectivity index (χ0n) is 19.1. The molecule has 4 rings (SSSR count). The highest BCUT2D eigenvalue weighted by Crippen LogP contribution is 2.41. The van der Waals surface area contributed by atoms with Gasteiger partial charge in [-0.3, -0.25) is 4.90 Å². The summed E-state index contributed by atoms with van der Waals surface area (Å²) < 4.78 is 0. The summed E-state index contributed by atoms with van der Waals surface area (Å²) in [6, 6.07) is 22.1. The van der Waals surface area contributed by atoms with Crippen LogP contribution in [0.5, 0.6) is 0 Å². The van der Waals surface area contributed by atoms with E-state index in [-0.39, 0.29) is 12.5 Å². The maximum atomic E-state index is 13.0. The van der Waals surface area contributed by atoms with Gasteiger partial charge in [-0.05, 0) is 23.1 Å². The van der Waals surface area contributed by atoms with E-state index >= 15 is 0 Å². The molecule has 4 aromatic rings. The van der Waals surface area contributed by atoms with E-state index in [0.29, 0.717) is 33.5 Å². The molecule has 6 nitrogen and oxygen atoms in total. The highest BCUT2D eigenvalue weighted by Gasteiger charge is 2.27. The van der Waals surface area contributed by atoms with Crippen LogP contribution in [0.2, 0.25) is 5.02 Å². The Bertz CT molecular complexity index is 1320. The number of amides is 2. The van der Waals surface area contributed by atoms with E-state index in [0.717, 1.165) is 16.7 Å². The van der Waals surface area contributed by atoms with Gasteiger partial charge in [0.25, 0.3) is 0 Å². The van der Waals surface area contributed by atoms with Gasteiger partial charge < -0.3 is 11.5 Å². The second-order valence-corrected chi connectivity index (χ2v) is 8.57. The van der Waals surface area contributed by atoms with Crippen LogP contribution in [0.25, 0.3) is 22.6 Å². The molecule has 0 unspecified atom stereocenters. The number of primary amides is 1. The van der Waals surface area contributed by atoms with E-state index in [9.17, 15) is 4.79 Å². The number of aromatic nitrogens is 2. The van der Waals surface area contributed by atoms with Crippen LogP contribution in [0.3, 0.4) is 0 Å². The lowest BCUT2D eigenvalue weighted by molar-refractivity contribution is 0.256. The van der Waals surface area contributed by atoms with Gasteiger partial charge in [0.05, 0.1) is 22.6 Å². The summed E-state index contributed by atoms with van der Waals surface area (Å²) in [5.41, 5.74) is 16.9. The molecule has 0 saturated carbocycles. The number of nitrogens with zero attached hydrogens (tertiary/aromatic N) is 3. The third-order valence-corrected chi connectivity index (χ3v) is 5.94. The third-order valence-electron chi connectivity index (χ3n) is 5.61. The Morgan fingerprint density at radius 1 is 1.00 bits per heavy atom. The van der Waals surface area contributed by atoms with Gasteiger partial charge in [-0.15, -0.1) is 0 Å². The second-order valence-electron chi connectivity index (χ2n) is 8.16. The van der Waals surface area contributed by atoms with Crippen LogP contribution in [0.15, 0.2) is 79.0 Å². The lowest BCUT2D eigenvalue weighted by Crippen LogP contribution is -2.34. The highest BCUT2D eigenvalue weighted by molar-refractivity contribution is 6.33. The first kappa shape index (κ1) is 23.4. The normalized spacial score (nSPS) is 11.0. The number of rotatable bonds is 6. The fourth-order valence-electron chi connectivity index (χ4n) is 3.98. The Hall–Kier alpha value is -3.74. The predicted octanol–water partition coefficient (Wildman–Crippen LogP) is 6.26. The van der Waals surface area contributed by atoms with Gasteiger partial charge in [-0.25, -0.2) is 14.8 Å². The Balaban J connectivity index is 2.03. The lowest BCUT2D eigenvalue weighted by Gasteiger charge is -2.28. The van der Waals surface area contributed by atoms with Crippen molar-refractivity contribution in [2.24, 2.45) is 11.5 Å². The van der Waals surface area contributed by atoms with Gasteiger partial charge in [-0.2, -0.15) is 0 Å². The highest BCUT2D eigenvalue weighted by atomic mass is 35.5. The standard InChI is InChI=1S/C27H26ClN5O/c1-17(2)20-13-8-11-19(15-29)25(20)33(27(30)34)23-16-31-26(18-9-4-3-5-10-18)32-24(23)21-12-6-7-14-22(21)28/h3-14,16-17H,15,29H2,1-2H3,(H2,30,34). The number of hydrogen-bond acceptors (Lipinski definition) is 4. The summed E-state index contributed by atoms with van der Waals surface area (Å²) in [7, 11) is 0. The van der Waals surface area contributed by atoms with E-state index in [2.05, 4.69) is 18.8 Å². The van der Waals surface area contributed by atoms with Crippen LogP contribution < -0.4 is 16.4 Å². The number of para-hydroxylation sites is 1. The van der Waals surface area contributed by atoms with Gasteiger partial charge in [0.15, 0.2) is 5.82 Å². The minimum Gasteiger partial charge on any atom is -0.351 e. The zero-order valence-corrected chi connectivity index (χ0v) is 19.8. The summed E-state index contributed by atoms with van der Waals surface area (Å²) in [5.74, 6) is 0.636. The average molecular weight is 472 g/mol. The first-order valence-electron chi connectivity index (χ1n) is 11.0. The van der Waals surface area contributed by atoms with Crippen molar-refractivity contribution in [2.75, 3.05) is 4.90 Å². The van der Waals surface area contributed by atoms with Crippen LogP contribution in [-0.2, 0) is 6.54 Å². The number of anilines is 2. The molecular weight excluding hydrogens is 446 g/mol. The van der Waals surface area contributed by atoms with Crippen LogP contribution in [0.1, 0.15) is 30.9 Å². The van der Waals surface area contributed by atoms with Gasteiger partial charge in [0.2, 0.25) is 0 Å². The van der Waals surface area contributed by atoms with Gasteiger partial charge in [0, 0.05) is 17.7 Å². The third kappa shape index (κ3) is 4.51. The Morgan fingerprint density at radius 3 is 2.35 bits per heavy atom. The van der Waals surface area contributed by atoms with Crippen molar-refractivity contribution in [3.05, 3.63) is 95.1 Å². The smallest absolute Gasteiger partial charge is 0.324 e. The van der Waals surface area contributed by atoms with Crippen molar-refractivity contribution >= 4 is 29.0 Å². The monoisotopic (exact) mass is 471 g/mol. The van der Waals surface area contributed by atoms with E-state index in [4.69, 9.17) is 28.1 Å². The second kappa shape index (κ2) is 10.0. The molecule has 0 aliphatic carbocycles. The van der Waals surface area contributed by atoms with Crippen molar-refractivity contribution in [2.45, 2.75) is 26.3 Å². The molecule has 0 aliphatic rings. The number of hydrogen-bond donors (Lipinski definition) is 2. The quantitative estimate of drug-likeness (QED) is 0.346. The summed E-state index contributed by atoms with van der Waals surface area (Å²) in [5, 5.41) is 0.502. The van der Waals surface area contributed by atoms with Crippen LogP contribution in [0, 0.1) is 0 Å². The molecule has 34 heavy (non-hydrogen) atoms. The molecule has 2 amide bonds. The minimum absolute atomic E-state index is 0.122. The number of carbonyl (C=O) groups excluding carboxylic acids is 1. The van der Waals surface area contributed by atoms with Crippen molar-refractivity contribution in [1.82, 2.24) is 9.97 Å². The predicted molar refractivity (Wildman–Crippen MR) is 138 cm³/mol. The molecule has 7 heteroatoms. The van der Waals surface area contributed by atoms with Gasteiger partial charge in [0.1, 0.15) is 5.69 Å². The fraction of sp³-hybridized carbons (Fsp3) is 0.148. The summed E-state index contributed by atoms with van der Waals surface area (Å²) >= 11 is 6.58. The van der Waals surface area contributed by atoms with E-state index in [1.807, 2.05) is 66.7 Å². The lowest BCUT2D eigenvalue weighted by atomic mass is 9.96. The molecule has 0 saturated heterocycles. The maximum Gasteiger partial charge on any atom is 0.324 e. The maximum absolute atomic E-state index is 13.0. The zero-order chi connectivity index (χ0) is 24.2. The molecule has 1 aromatic heterocycles. The molecule has 0 spiro atoms. The average Bonchev–Trinajstić information content (AvgIpc) is 2.85. The first-order chi connectivity index (χ1) is 16.4. The number of halogens is 1. The molecule has 0 atom stereocenters. The van der Waals surface area contributed by atoms with Gasteiger partial charge >= 0.3 is 6.03 Å². The molecule has 0 aliphatic heterocycles. The molecule has 4 N–H and O–H groups in total. The SMILES string of the molecule is CC(C)c1cccc(CN)c1N(C(N)=O)c1cnc(-c2ccccc2)nc1-c1ccccc1Cl. The summed E-state index contributed by atoms with van der Waals surface area (Å²) in [4.78, 5) is 23.9. The first-order valence-corrected chi connectivity index (χ1v) is 11.4. The number of urea groups is 1. The minimum atomic E-state index is -0.660. The van der Waals surface area contributed by atoms with Crippen LogP contribution in [-0.4, -0.2) is 16.0 Å². The molecule has 0 bridgehead atoms.